The molecule has 4 nitrogen and oxygen atoms in total. The van der Waals surface area contributed by atoms with E-state index in [1.807, 2.05) is 22.6 Å². The van der Waals surface area contributed by atoms with Gasteiger partial charge < -0.3 is 16.2 Å². The second kappa shape index (κ2) is 5.84. The van der Waals surface area contributed by atoms with Crippen LogP contribution in [-0.4, -0.2) is 11.1 Å². The number of carboxylic acid groups (broad SMARTS) is 1. The molecule has 2 aromatic carbocycles. The fourth-order valence-electron chi connectivity index (χ4n) is 1.61. The number of rotatable bonds is 3. The molecule has 0 aromatic heterocycles. The van der Waals surface area contributed by atoms with Crippen LogP contribution >= 0.6 is 34.2 Å². The Kier molecular flexibility index (Phi) is 4.34. The number of halogens is 3. The number of anilines is 3. The van der Waals surface area contributed by atoms with Gasteiger partial charge in [0.2, 0.25) is 0 Å². The quantitative estimate of drug-likeness (QED) is 0.530. The lowest BCUT2D eigenvalue weighted by molar-refractivity contribution is 0.0698. The highest BCUT2D eigenvalue weighted by Crippen LogP contribution is 2.29. The summed E-state index contributed by atoms with van der Waals surface area (Å²) >= 11 is 7.88. The Bertz CT molecular complexity index is 694. The average molecular weight is 407 g/mol. The third kappa shape index (κ3) is 3.13. The first-order chi connectivity index (χ1) is 9.38. The van der Waals surface area contributed by atoms with E-state index >= 15 is 0 Å². The highest BCUT2D eigenvalue weighted by molar-refractivity contribution is 14.1. The number of nitrogens with two attached hydrogens (primary N) is 1. The summed E-state index contributed by atoms with van der Waals surface area (Å²) in [6.45, 7) is 0. The van der Waals surface area contributed by atoms with E-state index in [0.29, 0.717) is 10.7 Å². The molecular formula is C13H9ClFIN2O2. The van der Waals surface area contributed by atoms with Crippen molar-refractivity contribution in [1.29, 1.82) is 0 Å². The van der Waals surface area contributed by atoms with Crippen LogP contribution in [-0.2, 0) is 0 Å². The molecule has 104 valence electrons. The minimum absolute atomic E-state index is 0.0387. The largest absolute Gasteiger partial charge is 0.478 e. The number of aromatic carboxylic acids is 1. The fraction of sp³-hybridized carbons (Fsp3) is 0. The minimum atomic E-state index is -1.21. The molecule has 0 bridgehead atoms. The van der Waals surface area contributed by atoms with Gasteiger partial charge in [0.1, 0.15) is 5.82 Å². The number of carboxylic acids is 1. The maximum atomic E-state index is 13.8. The molecule has 0 atom stereocenters. The first kappa shape index (κ1) is 14.9. The van der Waals surface area contributed by atoms with Crippen LogP contribution in [0.15, 0.2) is 30.3 Å². The molecule has 0 saturated carbocycles. The van der Waals surface area contributed by atoms with E-state index in [1.165, 1.54) is 0 Å². The number of nitrogens with one attached hydrogen (secondary N) is 1. The van der Waals surface area contributed by atoms with Crippen LogP contribution in [0.4, 0.5) is 21.5 Å². The van der Waals surface area contributed by atoms with Crippen LogP contribution in [0.5, 0.6) is 0 Å². The lowest BCUT2D eigenvalue weighted by Gasteiger charge is -2.12. The van der Waals surface area contributed by atoms with Gasteiger partial charge in [-0.15, -0.1) is 0 Å². The first-order valence-corrected chi connectivity index (χ1v) is 6.88. The van der Waals surface area contributed by atoms with Crippen molar-refractivity contribution in [2.45, 2.75) is 0 Å². The monoisotopic (exact) mass is 406 g/mol. The van der Waals surface area contributed by atoms with Crippen LogP contribution in [0, 0.1) is 9.39 Å². The molecule has 0 radical (unpaired) electrons. The summed E-state index contributed by atoms with van der Waals surface area (Å²) in [6, 6.07) is 7.18. The fourth-order valence-corrected chi connectivity index (χ4v) is 2.61. The van der Waals surface area contributed by atoms with Gasteiger partial charge in [0.15, 0.2) is 0 Å². The average Bonchev–Trinajstić information content (AvgIpc) is 2.35. The predicted molar refractivity (Wildman–Crippen MR) is 85.2 cm³/mol. The van der Waals surface area contributed by atoms with E-state index in [1.54, 1.807) is 18.2 Å². The first-order valence-electron chi connectivity index (χ1n) is 5.43. The molecule has 0 aliphatic rings. The highest BCUT2D eigenvalue weighted by atomic mass is 127. The van der Waals surface area contributed by atoms with Crippen LogP contribution < -0.4 is 11.1 Å². The summed E-state index contributed by atoms with van der Waals surface area (Å²) in [6.07, 6.45) is 0. The Balaban J connectivity index is 2.43. The van der Waals surface area contributed by atoms with Crippen LogP contribution in [0.3, 0.4) is 0 Å². The Morgan fingerprint density at radius 2 is 2.00 bits per heavy atom. The van der Waals surface area contributed by atoms with Crippen molar-refractivity contribution in [1.82, 2.24) is 0 Å². The van der Waals surface area contributed by atoms with Gasteiger partial charge in [0.25, 0.3) is 0 Å². The molecule has 0 fully saturated rings. The van der Waals surface area contributed by atoms with Crippen LogP contribution in [0.1, 0.15) is 10.4 Å². The summed E-state index contributed by atoms with van der Waals surface area (Å²) in [5.74, 6) is -1.84. The SMILES string of the molecule is Nc1cc(F)c(Nc2ccc(Cl)cc2I)cc1C(=O)O. The molecule has 0 amide bonds. The third-order valence-corrected chi connectivity index (χ3v) is 3.70. The summed E-state index contributed by atoms with van der Waals surface area (Å²) in [5.41, 5.74) is 5.85. The summed E-state index contributed by atoms with van der Waals surface area (Å²) < 4.78 is 14.6. The van der Waals surface area contributed by atoms with Gasteiger partial charge in [0, 0.05) is 14.3 Å². The maximum Gasteiger partial charge on any atom is 0.337 e. The molecule has 7 heteroatoms. The number of carbonyl (C=O) groups is 1. The summed E-state index contributed by atoms with van der Waals surface area (Å²) in [7, 11) is 0. The molecule has 2 rings (SSSR count). The Morgan fingerprint density at radius 1 is 1.30 bits per heavy atom. The zero-order valence-electron chi connectivity index (χ0n) is 9.95. The molecule has 20 heavy (non-hydrogen) atoms. The van der Waals surface area contributed by atoms with Crippen LogP contribution in [0.25, 0.3) is 0 Å². The van der Waals surface area contributed by atoms with E-state index < -0.39 is 11.8 Å². The van der Waals surface area contributed by atoms with Crippen molar-refractivity contribution < 1.29 is 14.3 Å². The standard InChI is InChI=1S/C13H9ClFIN2O2/c14-6-1-2-11(9(16)3-6)18-12-4-7(13(19)20)10(17)5-8(12)15/h1-5,18H,17H2,(H,19,20). The van der Waals surface area contributed by atoms with E-state index in [0.717, 1.165) is 15.7 Å². The number of nitrogen functional groups attached to an aromatic ring is 1. The summed E-state index contributed by atoms with van der Waals surface area (Å²) in [5, 5.41) is 12.4. The molecular weight excluding hydrogens is 398 g/mol. The van der Waals surface area contributed by atoms with Gasteiger partial charge in [-0.1, -0.05) is 11.6 Å². The smallest absolute Gasteiger partial charge is 0.337 e. The Morgan fingerprint density at radius 3 is 2.60 bits per heavy atom. The number of hydrogen-bond donors (Lipinski definition) is 3. The van der Waals surface area contributed by atoms with Crippen molar-refractivity contribution in [2.24, 2.45) is 0 Å². The normalized spacial score (nSPS) is 10.3. The maximum absolute atomic E-state index is 13.8. The van der Waals surface area contributed by atoms with Crippen LogP contribution in [0.2, 0.25) is 5.02 Å². The number of hydrogen-bond acceptors (Lipinski definition) is 3. The van der Waals surface area contributed by atoms with Crippen molar-refractivity contribution in [3.63, 3.8) is 0 Å². The molecule has 0 spiro atoms. The number of benzene rings is 2. The van der Waals surface area contributed by atoms with Gasteiger partial charge in [-0.05, 0) is 52.9 Å². The van der Waals surface area contributed by atoms with Gasteiger partial charge in [0.05, 0.1) is 16.9 Å². The molecule has 0 aliphatic heterocycles. The lowest BCUT2D eigenvalue weighted by atomic mass is 10.1. The lowest BCUT2D eigenvalue weighted by Crippen LogP contribution is -2.05. The van der Waals surface area contributed by atoms with Gasteiger partial charge >= 0.3 is 5.97 Å². The van der Waals surface area contributed by atoms with E-state index in [9.17, 15) is 9.18 Å². The third-order valence-electron chi connectivity index (χ3n) is 2.57. The van der Waals surface area contributed by atoms with E-state index in [4.69, 9.17) is 22.4 Å². The van der Waals surface area contributed by atoms with Gasteiger partial charge in [-0.2, -0.15) is 0 Å². The molecule has 0 aliphatic carbocycles. The van der Waals surface area contributed by atoms with E-state index in [-0.39, 0.29) is 16.9 Å². The van der Waals surface area contributed by atoms with Crippen molar-refractivity contribution >= 4 is 57.2 Å². The zero-order chi connectivity index (χ0) is 14.9. The molecule has 4 N–H and O–H groups in total. The van der Waals surface area contributed by atoms with Crippen molar-refractivity contribution in [3.8, 4) is 0 Å². The van der Waals surface area contributed by atoms with Gasteiger partial charge in [-0.3, -0.25) is 0 Å². The Hall–Kier alpha value is -1.54. The van der Waals surface area contributed by atoms with Crippen molar-refractivity contribution in [3.05, 3.63) is 50.3 Å². The zero-order valence-corrected chi connectivity index (χ0v) is 12.9. The topological polar surface area (TPSA) is 75.3 Å². The molecule has 0 unspecified atom stereocenters. The Labute approximate surface area is 132 Å². The van der Waals surface area contributed by atoms with Crippen molar-refractivity contribution in [2.75, 3.05) is 11.1 Å². The second-order valence-corrected chi connectivity index (χ2v) is 5.57. The highest BCUT2D eigenvalue weighted by Gasteiger charge is 2.14. The predicted octanol–water partition coefficient (Wildman–Crippen LogP) is 4.11. The molecule has 0 heterocycles. The summed E-state index contributed by atoms with van der Waals surface area (Å²) in [4.78, 5) is 11.0. The molecule has 2 aromatic rings. The van der Waals surface area contributed by atoms with Gasteiger partial charge in [-0.25, -0.2) is 9.18 Å². The second-order valence-electron chi connectivity index (χ2n) is 3.97. The van der Waals surface area contributed by atoms with E-state index in [2.05, 4.69) is 5.32 Å². The minimum Gasteiger partial charge on any atom is -0.478 e. The molecule has 0 saturated heterocycles.